The third-order valence-corrected chi connectivity index (χ3v) is 3.64. The Kier molecular flexibility index (Phi) is 5.44. The first-order valence-corrected chi connectivity index (χ1v) is 7.46. The molecule has 0 aliphatic carbocycles. The molecule has 0 radical (unpaired) electrons. The van der Waals surface area contributed by atoms with Gasteiger partial charge in [-0.25, -0.2) is 4.79 Å². The van der Waals surface area contributed by atoms with Gasteiger partial charge in [0.15, 0.2) is 0 Å². The molecule has 0 unspecified atom stereocenters. The Morgan fingerprint density at radius 2 is 2.29 bits per heavy atom. The molecule has 1 aliphatic heterocycles. The lowest BCUT2D eigenvalue weighted by molar-refractivity contribution is -0.149. The molecule has 1 fully saturated rings. The number of hydrogen-bond acceptors (Lipinski definition) is 3. The van der Waals surface area contributed by atoms with Crippen molar-refractivity contribution < 1.29 is 14.3 Å². The minimum Gasteiger partial charge on any atom is -0.466 e. The second kappa shape index (κ2) is 7.31. The van der Waals surface area contributed by atoms with Crippen molar-refractivity contribution in [3.63, 3.8) is 0 Å². The van der Waals surface area contributed by atoms with Crippen LogP contribution in [0.5, 0.6) is 0 Å². The highest BCUT2D eigenvalue weighted by Crippen LogP contribution is 2.20. The number of likely N-dealkylation sites (tertiary alicyclic amines) is 1. The first kappa shape index (κ1) is 15.6. The maximum Gasteiger partial charge on any atom is 0.321 e. The summed E-state index contributed by atoms with van der Waals surface area (Å²) in [7, 11) is 0. The number of carbonyl (C=O) groups is 2. The van der Waals surface area contributed by atoms with Crippen LogP contribution in [0.1, 0.15) is 19.8 Å². The van der Waals surface area contributed by atoms with Gasteiger partial charge in [0.25, 0.3) is 0 Å². The second-order valence-electron chi connectivity index (χ2n) is 4.98. The van der Waals surface area contributed by atoms with Crippen LogP contribution in [0, 0.1) is 5.92 Å². The predicted molar refractivity (Wildman–Crippen MR) is 81.4 cm³/mol. The van der Waals surface area contributed by atoms with Crippen molar-refractivity contribution in [2.45, 2.75) is 19.8 Å². The summed E-state index contributed by atoms with van der Waals surface area (Å²) in [6.07, 6.45) is 1.56. The molecule has 21 heavy (non-hydrogen) atoms. The Morgan fingerprint density at radius 3 is 3.00 bits per heavy atom. The molecule has 1 atom stereocenters. The van der Waals surface area contributed by atoms with Crippen molar-refractivity contribution in [3.05, 3.63) is 29.3 Å². The molecule has 0 saturated carbocycles. The molecule has 2 rings (SSSR count). The SMILES string of the molecule is CCOC(=O)[C@@H]1CCCN(C(=O)Nc2cccc(Cl)c2)C1. The predicted octanol–water partition coefficient (Wildman–Crippen LogP) is 3.15. The van der Waals surface area contributed by atoms with Crippen molar-refractivity contribution in [1.82, 2.24) is 4.90 Å². The summed E-state index contributed by atoms with van der Waals surface area (Å²) < 4.78 is 5.03. The number of rotatable bonds is 3. The molecule has 1 heterocycles. The molecule has 0 spiro atoms. The van der Waals surface area contributed by atoms with E-state index in [1.54, 1.807) is 36.1 Å². The summed E-state index contributed by atoms with van der Waals surface area (Å²) in [5.74, 6) is -0.457. The summed E-state index contributed by atoms with van der Waals surface area (Å²) in [5.41, 5.74) is 0.644. The van der Waals surface area contributed by atoms with Crippen LogP contribution in [0.2, 0.25) is 5.02 Å². The lowest BCUT2D eigenvalue weighted by Crippen LogP contribution is -2.44. The van der Waals surface area contributed by atoms with Gasteiger partial charge in [-0.1, -0.05) is 17.7 Å². The van der Waals surface area contributed by atoms with Gasteiger partial charge in [-0.05, 0) is 38.0 Å². The summed E-state index contributed by atoms with van der Waals surface area (Å²) in [6, 6.07) is 6.76. The van der Waals surface area contributed by atoms with Crippen molar-refractivity contribution in [3.8, 4) is 0 Å². The number of nitrogens with one attached hydrogen (secondary N) is 1. The standard InChI is InChI=1S/C15H19ClN2O3/c1-2-21-14(19)11-5-4-8-18(10-11)15(20)17-13-7-3-6-12(16)9-13/h3,6-7,9,11H,2,4-5,8,10H2,1H3,(H,17,20)/t11-/m1/s1. The summed E-state index contributed by atoms with van der Waals surface area (Å²) in [4.78, 5) is 25.6. The average Bonchev–Trinajstić information content (AvgIpc) is 2.47. The highest BCUT2D eigenvalue weighted by Gasteiger charge is 2.29. The Morgan fingerprint density at radius 1 is 1.48 bits per heavy atom. The van der Waals surface area contributed by atoms with Gasteiger partial charge < -0.3 is 15.0 Å². The molecule has 114 valence electrons. The number of urea groups is 1. The van der Waals surface area contributed by atoms with E-state index in [-0.39, 0.29) is 17.9 Å². The van der Waals surface area contributed by atoms with E-state index < -0.39 is 0 Å². The highest BCUT2D eigenvalue weighted by molar-refractivity contribution is 6.30. The van der Waals surface area contributed by atoms with Gasteiger partial charge >= 0.3 is 12.0 Å². The smallest absolute Gasteiger partial charge is 0.321 e. The molecular formula is C15H19ClN2O3. The van der Waals surface area contributed by atoms with Gasteiger partial charge in [0.05, 0.1) is 12.5 Å². The van der Waals surface area contributed by atoms with Crippen LogP contribution in [0.25, 0.3) is 0 Å². The lowest BCUT2D eigenvalue weighted by atomic mass is 9.98. The van der Waals surface area contributed by atoms with E-state index >= 15 is 0 Å². The van der Waals surface area contributed by atoms with Crippen LogP contribution in [-0.2, 0) is 9.53 Å². The fourth-order valence-electron chi connectivity index (χ4n) is 2.38. The topological polar surface area (TPSA) is 58.6 Å². The van der Waals surface area contributed by atoms with E-state index in [1.807, 2.05) is 0 Å². The molecule has 5 nitrogen and oxygen atoms in total. The van der Waals surface area contributed by atoms with Crippen LogP contribution in [0.4, 0.5) is 10.5 Å². The molecule has 1 aliphatic rings. The molecule has 1 N–H and O–H groups in total. The fourth-order valence-corrected chi connectivity index (χ4v) is 2.57. The maximum atomic E-state index is 12.2. The van der Waals surface area contributed by atoms with E-state index in [9.17, 15) is 9.59 Å². The quantitative estimate of drug-likeness (QED) is 0.873. The van der Waals surface area contributed by atoms with Crippen LogP contribution in [-0.4, -0.2) is 36.6 Å². The van der Waals surface area contributed by atoms with Crippen LogP contribution < -0.4 is 5.32 Å². The van der Waals surface area contributed by atoms with Gasteiger partial charge in [0.2, 0.25) is 0 Å². The summed E-state index contributed by atoms with van der Waals surface area (Å²) in [5, 5.41) is 3.36. The van der Waals surface area contributed by atoms with Crippen LogP contribution in [0.3, 0.4) is 0 Å². The van der Waals surface area contributed by atoms with E-state index in [2.05, 4.69) is 5.32 Å². The van der Waals surface area contributed by atoms with E-state index in [4.69, 9.17) is 16.3 Å². The fraction of sp³-hybridized carbons (Fsp3) is 0.467. The third kappa shape index (κ3) is 4.36. The zero-order chi connectivity index (χ0) is 15.2. The number of hydrogen-bond donors (Lipinski definition) is 1. The average molecular weight is 311 g/mol. The van der Waals surface area contributed by atoms with Crippen molar-refractivity contribution in [2.24, 2.45) is 5.92 Å². The number of nitrogens with zero attached hydrogens (tertiary/aromatic N) is 1. The zero-order valence-corrected chi connectivity index (χ0v) is 12.7. The number of benzene rings is 1. The Bertz CT molecular complexity index is 521. The van der Waals surface area contributed by atoms with Crippen LogP contribution >= 0.6 is 11.6 Å². The normalized spacial score (nSPS) is 18.2. The van der Waals surface area contributed by atoms with Crippen molar-refractivity contribution >= 4 is 29.3 Å². The van der Waals surface area contributed by atoms with E-state index in [0.29, 0.717) is 30.4 Å². The number of halogens is 1. The summed E-state index contributed by atoms with van der Waals surface area (Å²) >= 11 is 5.89. The molecule has 1 saturated heterocycles. The van der Waals surface area contributed by atoms with Crippen LogP contribution in [0.15, 0.2) is 24.3 Å². The van der Waals surface area contributed by atoms with Gasteiger partial charge in [-0.15, -0.1) is 0 Å². The Balaban J connectivity index is 1.94. The largest absolute Gasteiger partial charge is 0.466 e. The Hall–Kier alpha value is -1.75. The third-order valence-electron chi connectivity index (χ3n) is 3.40. The van der Waals surface area contributed by atoms with Gasteiger partial charge in [-0.2, -0.15) is 0 Å². The monoisotopic (exact) mass is 310 g/mol. The van der Waals surface area contributed by atoms with Crippen molar-refractivity contribution in [2.75, 3.05) is 25.0 Å². The Labute approximate surface area is 129 Å². The van der Waals surface area contributed by atoms with Crippen molar-refractivity contribution in [1.29, 1.82) is 0 Å². The first-order valence-electron chi connectivity index (χ1n) is 7.08. The number of anilines is 1. The molecule has 6 heteroatoms. The number of piperidine rings is 1. The molecule has 0 aromatic heterocycles. The van der Waals surface area contributed by atoms with E-state index in [0.717, 1.165) is 12.8 Å². The number of ether oxygens (including phenoxy) is 1. The van der Waals surface area contributed by atoms with Gasteiger partial charge in [0, 0.05) is 23.8 Å². The molecule has 1 aromatic rings. The van der Waals surface area contributed by atoms with Gasteiger partial charge in [-0.3, -0.25) is 4.79 Å². The molecular weight excluding hydrogens is 292 g/mol. The molecule has 0 bridgehead atoms. The minimum absolute atomic E-state index is 0.216. The zero-order valence-electron chi connectivity index (χ0n) is 12.0. The molecule has 2 amide bonds. The molecule has 1 aromatic carbocycles. The lowest BCUT2D eigenvalue weighted by Gasteiger charge is -2.31. The summed E-state index contributed by atoms with van der Waals surface area (Å²) in [6.45, 7) is 3.18. The van der Waals surface area contributed by atoms with E-state index in [1.165, 1.54) is 0 Å². The second-order valence-corrected chi connectivity index (χ2v) is 5.41. The first-order chi connectivity index (χ1) is 10.1. The van der Waals surface area contributed by atoms with Gasteiger partial charge in [0.1, 0.15) is 0 Å². The number of amides is 2. The minimum atomic E-state index is -0.233. The number of carbonyl (C=O) groups excluding carboxylic acids is 2. The maximum absolute atomic E-state index is 12.2. The number of esters is 1. The highest BCUT2D eigenvalue weighted by atomic mass is 35.5.